The maximum atomic E-state index is 11.5. The van der Waals surface area contributed by atoms with Gasteiger partial charge in [0.05, 0.1) is 12.0 Å². The number of ether oxygens (including phenoxy) is 1. The number of rotatable bonds is 7. The summed E-state index contributed by atoms with van der Waals surface area (Å²) in [6.07, 6.45) is 5.08. The van der Waals surface area contributed by atoms with Crippen LogP contribution < -0.4 is 34.3 Å². The van der Waals surface area contributed by atoms with Gasteiger partial charge in [-0.15, -0.1) is 0 Å². The minimum absolute atomic E-state index is 0. The molecule has 0 radical (unpaired) electrons. The van der Waals surface area contributed by atoms with E-state index in [0.29, 0.717) is 11.3 Å². The summed E-state index contributed by atoms with van der Waals surface area (Å²) < 4.78 is 40.0. The van der Waals surface area contributed by atoms with Crippen molar-refractivity contribution in [2.45, 2.75) is 43.9 Å². The van der Waals surface area contributed by atoms with Crippen LogP contribution in [0.2, 0.25) is 0 Å². The third kappa shape index (κ3) is 4.94. The first-order valence-corrected chi connectivity index (χ1v) is 8.94. The molecule has 120 valence electrons. The number of aryl methyl sites for hydroxylation is 1. The summed E-state index contributed by atoms with van der Waals surface area (Å²) in [5, 5.41) is 0. The molecule has 0 aromatic rings. The zero-order chi connectivity index (χ0) is 16.2. The SMILES string of the molecule is CCCCCCc1cc(S(=O)(=O)[O-])c2ccccc(OC)c1-2.[Na+]. The minimum atomic E-state index is -4.50. The summed E-state index contributed by atoms with van der Waals surface area (Å²) in [7, 11) is -2.95. The third-order valence-electron chi connectivity index (χ3n) is 3.82. The minimum Gasteiger partial charge on any atom is -0.744 e. The summed E-state index contributed by atoms with van der Waals surface area (Å²) >= 11 is 0. The average Bonchev–Trinajstić information content (AvgIpc) is 2.70. The second-order valence-corrected chi connectivity index (χ2v) is 6.72. The maximum absolute atomic E-state index is 11.5. The van der Waals surface area contributed by atoms with Gasteiger partial charge < -0.3 is 9.29 Å². The van der Waals surface area contributed by atoms with Crippen LogP contribution in [0.1, 0.15) is 38.2 Å². The predicted molar refractivity (Wildman–Crippen MR) is 85.4 cm³/mol. The molecular weight excluding hydrogens is 323 g/mol. The molecule has 0 bridgehead atoms. The Bertz CT molecular complexity index is 713. The Morgan fingerprint density at radius 2 is 1.83 bits per heavy atom. The normalized spacial score (nSPS) is 11.3. The van der Waals surface area contributed by atoms with Crippen molar-refractivity contribution in [1.29, 1.82) is 0 Å². The summed E-state index contributed by atoms with van der Waals surface area (Å²) in [5.41, 5.74) is 2.05. The molecule has 2 rings (SSSR count). The van der Waals surface area contributed by atoms with Crippen LogP contribution in [0, 0.1) is 0 Å². The zero-order valence-electron chi connectivity index (χ0n) is 14.0. The van der Waals surface area contributed by atoms with E-state index in [1.165, 1.54) is 6.07 Å². The van der Waals surface area contributed by atoms with Gasteiger partial charge in [0.25, 0.3) is 0 Å². The number of hydrogen-bond acceptors (Lipinski definition) is 4. The summed E-state index contributed by atoms with van der Waals surface area (Å²) in [5.74, 6) is 0.598. The van der Waals surface area contributed by atoms with Crippen LogP contribution in [0.15, 0.2) is 35.2 Å². The van der Waals surface area contributed by atoms with Crippen molar-refractivity contribution < 1.29 is 47.3 Å². The summed E-state index contributed by atoms with van der Waals surface area (Å²) in [6, 6.07) is 8.47. The number of fused-ring (bicyclic) bond motifs is 1. The molecule has 0 N–H and O–H groups in total. The van der Waals surface area contributed by atoms with Crippen LogP contribution in [-0.2, 0) is 16.5 Å². The molecule has 0 aromatic carbocycles. The van der Waals surface area contributed by atoms with Gasteiger partial charge in [-0.2, -0.15) is 0 Å². The van der Waals surface area contributed by atoms with E-state index < -0.39 is 10.1 Å². The van der Waals surface area contributed by atoms with E-state index in [1.54, 1.807) is 31.4 Å². The first-order valence-electron chi connectivity index (χ1n) is 7.53. The Balaban J connectivity index is 0.00000264. The van der Waals surface area contributed by atoms with Crippen LogP contribution in [0.25, 0.3) is 11.1 Å². The monoisotopic (exact) mass is 344 g/mol. The average molecular weight is 344 g/mol. The third-order valence-corrected chi connectivity index (χ3v) is 4.69. The molecule has 23 heavy (non-hydrogen) atoms. The van der Waals surface area contributed by atoms with Crippen LogP contribution >= 0.6 is 0 Å². The predicted octanol–water partition coefficient (Wildman–Crippen LogP) is 0.831. The fourth-order valence-corrected chi connectivity index (χ4v) is 3.48. The van der Waals surface area contributed by atoms with Gasteiger partial charge in [-0.05, 0) is 30.5 Å². The number of methoxy groups -OCH3 is 1. The van der Waals surface area contributed by atoms with E-state index in [9.17, 15) is 13.0 Å². The van der Waals surface area contributed by atoms with Gasteiger partial charge in [-0.1, -0.05) is 44.4 Å². The van der Waals surface area contributed by atoms with Crippen molar-refractivity contribution >= 4 is 10.1 Å². The van der Waals surface area contributed by atoms with Crippen molar-refractivity contribution in [3.63, 3.8) is 0 Å². The van der Waals surface area contributed by atoms with Crippen LogP contribution in [0.5, 0.6) is 5.75 Å². The Hall–Kier alpha value is -0.590. The van der Waals surface area contributed by atoms with E-state index in [4.69, 9.17) is 4.74 Å². The van der Waals surface area contributed by atoms with Gasteiger partial charge in [0.1, 0.15) is 15.9 Å². The molecule has 0 aromatic heterocycles. The number of unbranched alkanes of at least 4 members (excludes halogenated alkanes) is 3. The Labute approximate surface area is 160 Å². The van der Waals surface area contributed by atoms with E-state index in [0.717, 1.165) is 43.2 Å². The maximum Gasteiger partial charge on any atom is 1.00 e. The molecule has 6 heteroatoms. The number of hydrogen-bond donors (Lipinski definition) is 0. The second-order valence-electron chi connectivity index (χ2n) is 5.37. The molecule has 0 saturated heterocycles. The molecule has 0 fully saturated rings. The van der Waals surface area contributed by atoms with Gasteiger partial charge >= 0.3 is 29.6 Å². The molecule has 2 aliphatic rings. The van der Waals surface area contributed by atoms with Crippen molar-refractivity contribution in [1.82, 2.24) is 0 Å². The van der Waals surface area contributed by atoms with Gasteiger partial charge in [0.15, 0.2) is 0 Å². The van der Waals surface area contributed by atoms with Crippen LogP contribution in [0.3, 0.4) is 0 Å². The smallest absolute Gasteiger partial charge is 0.744 e. The van der Waals surface area contributed by atoms with E-state index >= 15 is 0 Å². The van der Waals surface area contributed by atoms with Crippen LogP contribution in [0.4, 0.5) is 0 Å². The van der Waals surface area contributed by atoms with Gasteiger partial charge in [-0.25, -0.2) is 8.42 Å². The van der Waals surface area contributed by atoms with Crippen molar-refractivity contribution in [3.8, 4) is 16.9 Å². The summed E-state index contributed by atoms with van der Waals surface area (Å²) in [4.78, 5) is -0.150. The van der Waals surface area contributed by atoms with E-state index in [-0.39, 0.29) is 34.5 Å². The topological polar surface area (TPSA) is 66.4 Å². The molecule has 2 aliphatic carbocycles. The van der Waals surface area contributed by atoms with Gasteiger partial charge in [0, 0.05) is 11.1 Å². The van der Waals surface area contributed by atoms with Crippen LogP contribution in [-0.4, -0.2) is 20.1 Å². The van der Waals surface area contributed by atoms with Crippen molar-refractivity contribution in [3.05, 3.63) is 35.9 Å². The molecule has 0 atom stereocenters. The van der Waals surface area contributed by atoms with E-state index in [1.807, 2.05) is 0 Å². The molecule has 0 amide bonds. The van der Waals surface area contributed by atoms with Crippen molar-refractivity contribution in [2.75, 3.05) is 7.11 Å². The molecule has 0 saturated carbocycles. The Morgan fingerprint density at radius 1 is 1.13 bits per heavy atom. The largest absolute Gasteiger partial charge is 1.00 e. The van der Waals surface area contributed by atoms with Gasteiger partial charge in [-0.3, -0.25) is 0 Å². The standard InChI is InChI=1S/C17H22O4S.Na/c1-3-4-5-6-9-13-12-16(22(18,19)20)14-10-7-8-11-15(21-2)17(13)14;/h7-8,10-12H,3-6,9H2,1-2H3,(H,18,19,20);/q;+1/p-1. The first kappa shape index (κ1) is 20.5. The molecule has 0 spiro atoms. The first-order chi connectivity index (χ1) is 10.5. The molecule has 0 unspecified atom stereocenters. The molecule has 4 nitrogen and oxygen atoms in total. The fourth-order valence-electron chi connectivity index (χ4n) is 2.76. The molecule has 0 heterocycles. The Morgan fingerprint density at radius 3 is 2.43 bits per heavy atom. The molecule has 0 aliphatic heterocycles. The molecular formula is C17H21NaO4S. The van der Waals surface area contributed by atoms with E-state index in [2.05, 4.69) is 6.92 Å². The second kappa shape index (κ2) is 9.04. The van der Waals surface area contributed by atoms with Gasteiger partial charge in [0.2, 0.25) is 0 Å². The van der Waals surface area contributed by atoms with Crippen molar-refractivity contribution in [2.24, 2.45) is 0 Å². The fraction of sp³-hybridized carbons (Fsp3) is 0.412. The summed E-state index contributed by atoms with van der Waals surface area (Å²) in [6.45, 7) is 2.14. The quantitative estimate of drug-likeness (QED) is 0.424. The zero-order valence-corrected chi connectivity index (χ0v) is 16.8. The Kier molecular flexibility index (Phi) is 8.04.